The van der Waals surface area contributed by atoms with Gasteiger partial charge in [0.2, 0.25) is 0 Å². The molecular weight excluding hydrogens is 308 g/mol. The molecule has 0 aliphatic heterocycles. The van der Waals surface area contributed by atoms with Crippen LogP contribution in [0.2, 0.25) is 0 Å². The van der Waals surface area contributed by atoms with E-state index in [9.17, 15) is 9.90 Å². The molecule has 0 saturated heterocycles. The van der Waals surface area contributed by atoms with E-state index in [0.29, 0.717) is 12.4 Å². The molecule has 2 aromatic rings. The van der Waals surface area contributed by atoms with Crippen LogP contribution in [0.1, 0.15) is 21.5 Å². The first kappa shape index (κ1) is 13.6. The van der Waals surface area contributed by atoms with Crippen molar-refractivity contribution in [3.63, 3.8) is 0 Å². The van der Waals surface area contributed by atoms with Gasteiger partial charge in [-0.1, -0.05) is 46.3 Å². The number of ether oxygens (including phenoxy) is 1. The second kappa shape index (κ2) is 5.89. The molecule has 4 heteroatoms. The van der Waals surface area contributed by atoms with Crippen LogP contribution in [0.15, 0.2) is 46.9 Å². The SMILES string of the molecule is Cc1cc(Br)cc(C(=O)O)c1OCc1ccccc1. The predicted octanol–water partition coefficient (Wildman–Crippen LogP) is 4.03. The highest BCUT2D eigenvalue weighted by Gasteiger charge is 2.15. The quantitative estimate of drug-likeness (QED) is 0.924. The van der Waals surface area contributed by atoms with E-state index < -0.39 is 5.97 Å². The number of rotatable bonds is 4. The topological polar surface area (TPSA) is 46.5 Å². The number of hydrogen-bond acceptors (Lipinski definition) is 2. The number of hydrogen-bond donors (Lipinski definition) is 1. The number of halogens is 1. The van der Waals surface area contributed by atoms with Gasteiger partial charge in [-0.2, -0.15) is 0 Å². The predicted molar refractivity (Wildman–Crippen MR) is 76.6 cm³/mol. The maximum atomic E-state index is 11.2. The fourth-order valence-corrected chi connectivity index (χ4v) is 2.38. The molecule has 0 fully saturated rings. The van der Waals surface area contributed by atoms with Crippen LogP contribution in [0.4, 0.5) is 0 Å². The van der Waals surface area contributed by atoms with Gasteiger partial charge >= 0.3 is 5.97 Å². The Morgan fingerprint density at radius 1 is 1.26 bits per heavy atom. The first-order valence-electron chi connectivity index (χ1n) is 5.78. The Bertz CT molecular complexity index is 594. The van der Waals surface area contributed by atoms with Crippen molar-refractivity contribution < 1.29 is 14.6 Å². The average Bonchev–Trinajstić information content (AvgIpc) is 2.38. The fourth-order valence-electron chi connectivity index (χ4n) is 1.81. The molecule has 98 valence electrons. The Morgan fingerprint density at radius 2 is 1.95 bits per heavy atom. The van der Waals surface area contributed by atoms with Gasteiger partial charge in [0, 0.05) is 4.47 Å². The summed E-state index contributed by atoms with van der Waals surface area (Å²) < 4.78 is 6.40. The summed E-state index contributed by atoms with van der Waals surface area (Å²) in [6.45, 7) is 2.18. The third kappa shape index (κ3) is 3.35. The molecule has 0 unspecified atom stereocenters. The second-order valence-corrected chi connectivity index (χ2v) is 5.09. The summed E-state index contributed by atoms with van der Waals surface area (Å²) in [5.74, 6) is -0.577. The molecule has 0 atom stereocenters. The van der Waals surface area contributed by atoms with Gasteiger partial charge in [0.05, 0.1) is 0 Å². The Kier molecular flexibility index (Phi) is 4.22. The van der Waals surface area contributed by atoms with E-state index in [1.807, 2.05) is 43.3 Å². The van der Waals surface area contributed by atoms with Gasteiger partial charge in [0.1, 0.15) is 17.9 Å². The van der Waals surface area contributed by atoms with Gasteiger partial charge in [-0.15, -0.1) is 0 Å². The zero-order valence-corrected chi connectivity index (χ0v) is 12.0. The molecule has 0 saturated carbocycles. The normalized spacial score (nSPS) is 10.2. The van der Waals surface area contributed by atoms with Crippen molar-refractivity contribution in [3.8, 4) is 5.75 Å². The number of aryl methyl sites for hydroxylation is 1. The molecule has 2 rings (SSSR count). The van der Waals surface area contributed by atoms with Crippen molar-refractivity contribution in [1.29, 1.82) is 0 Å². The summed E-state index contributed by atoms with van der Waals surface area (Å²) in [7, 11) is 0. The third-order valence-corrected chi connectivity index (χ3v) is 3.15. The molecule has 0 spiro atoms. The van der Waals surface area contributed by atoms with Crippen LogP contribution in [-0.2, 0) is 6.61 Å². The fraction of sp³-hybridized carbons (Fsp3) is 0.133. The van der Waals surface area contributed by atoms with Gasteiger partial charge in [0.25, 0.3) is 0 Å². The zero-order chi connectivity index (χ0) is 13.8. The van der Waals surface area contributed by atoms with E-state index in [0.717, 1.165) is 15.6 Å². The largest absolute Gasteiger partial charge is 0.488 e. The van der Waals surface area contributed by atoms with Gasteiger partial charge in [0.15, 0.2) is 0 Å². The molecule has 0 bridgehead atoms. The minimum atomic E-state index is -0.993. The number of carboxylic acid groups (broad SMARTS) is 1. The van der Waals surface area contributed by atoms with Crippen LogP contribution in [0.3, 0.4) is 0 Å². The Balaban J connectivity index is 2.27. The van der Waals surface area contributed by atoms with E-state index in [2.05, 4.69) is 15.9 Å². The van der Waals surface area contributed by atoms with Crippen LogP contribution in [-0.4, -0.2) is 11.1 Å². The molecule has 19 heavy (non-hydrogen) atoms. The number of benzene rings is 2. The van der Waals surface area contributed by atoms with E-state index in [1.165, 1.54) is 0 Å². The smallest absolute Gasteiger partial charge is 0.339 e. The summed E-state index contributed by atoms with van der Waals surface area (Å²) >= 11 is 3.29. The lowest BCUT2D eigenvalue weighted by atomic mass is 10.1. The highest BCUT2D eigenvalue weighted by Crippen LogP contribution is 2.28. The lowest BCUT2D eigenvalue weighted by molar-refractivity contribution is 0.0691. The molecule has 0 amide bonds. The van der Waals surface area contributed by atoms with Gasteiger partial charge in [-0.3, -0.25) is 0 Å². The van der Waals surface area contributed by atoms with Crippen molar-refractivity contribution in [2.45, 2.75) is 13.5 Å². The summed E-state index contributed by atoms with van der Waals surface area (Å²) in [6, 6.07) is 13.0. The van der Waals surface area contributed by atoms with Crippen LogP contribution in [0.5, 0.6) is 5.75 Å². The molecule has 3 nitrogen and oxygen atoms in total. The number of aromatic carboxylic acids is 1. The van der Waals surface area contributed by atoms with Crippen molar-refractivity contribution >= 4 is 21.9 Å². The van der Waals surface area contributed by atoms with Crippen molar-refractivity contribution in [1.82, 2.24) is 0 Å². The summed E-state index contributed by atoms with van der Waals surface area (Å²) in [5.41, 5.74) is 1.96. The van der Waals surface area contributed by atoms with Gasteiger partial charge < -0.3 is 9.84 Å². The van der Waals surface area contributed by atoms with Gasteiger partial charge in [-0.05, 0) is 30.2 Å². The zero-order valence-electron chi connectivity index (χ0n) is 10.4. The monoisotopic (exact) mass is 320 g/mol. The first-order chi connectivity index (χ1) is 9.08. The van der Waals surface area contributed by atoms with Crippen LogP contribution in [0.25, 0.3) is 0 Å². The molecule has 1 N–H and O–H groups in total. The molecule has 0 aliphatic rings. The lowest BCUT2D eigenvalue weighted by Gasteiger charge is -2.12. The molecule has 0 heterocycles. The molecule has 2 aromatic carbocycles. The minimum Gasteiger partial charge on any atom is -0.488 e. The average molecular weight is 321 g/mol. The van der Waals surface area contributed by atoms with Crippen molar-refractivity contribution in [3.05, 3.63) is 63.6 Å². The summed E-state index contributed by atoms with van der Waals surface area (Å²) in [4.78, 5) is 11.2. The maximum Gasteiger partial charge on any atom is 0.339 e. The third-order valence-electron chi connectivity index (χ3n) is 2.70. The lowest BCUT2D eigenvalue weighted by Crippen LogP contribution is -2.05. The molecular formula is C15H13BrO3. The Morgan fingerprint density at radius 3 is 2.58 bits per heavy atom. The highest BCUT2D eigenvalue weighted by molar-refractivity contribution is 9.10. The summed E-state index contributed by atoms with van der Waals surface area (Å²) in [6.07, 6.45) is 0. The minimum absolute atomic E-state index is 0.169. The van der Waals surface area contributed by atoms with Crippen LogP contribution in [0, 0.1) is 6.92 Å². The molecule has 0 aromatic heterocycles. The second-order valence-electron chi connectivity index (χ2n) is 4.18. The van der Waals surface area contributed by atoms with E-state index >= 15 is 0 Å². The highest BCUT2D eigenvalue weighted by atomic mass is 79.9. The summed E-state index contributed by atoms with van der Waals surface area (Å²) in [5, 5.41) is 9.21. The maximum absolute atomic E-state index is 11.2. The Hall–Kier alpha value is -1.81. The van der Waals surface area contributed by atoms with E-state index in [-0.39, 0.29) is 5.56 Å². The molecule has 0 aliphatic carbocycles. The van der Waals surface area contributed by atoms with Crippen LogP contribution >= 0.6 is 15.9 Å². The molecule has 0 radical (unpaired) electrons. The number of carboxylic acids is 1. The van der Waals surface area contributed by atoms with E-state index in [1.54, 1.807) is 6.07 Å². The van der Waals surface area contributed by atoms with Gasteiger partial charge in [-0.25, -0.2) is 4.79 Å². The standard InChI is InChI=1S/C15H13BrO3/c1-10-7-12(16)8-13(15(17)18)14(10)19-9-11-5-3-2-4-6-11/h2-8H,9H2,1H3,(H,17,18). The van der Waals surface area contributed by atoms with Crippen LogP contribution < -0.4 is 4.74 Å². The van der Waals surface area contributed by atoms with Crippen molar-refractivity contribution in [2.24, 2.45) is 0 Å². The number of carbonyl (C=O) groups is 1. The Labute approximate surface area is 120 Å². The van der Waals surface area contributed by atoms with E-state index in [4.69, 9.17) is 4.74 Å². The first-order valence-corrected chi connectivity index (χ1v) is 6.57. The van der Waals surface area contributed by atoms with Crippen molar-refractivity contribution in [2.75, 3.05) is 0 Å².